The van der Waals surface area contributed by atoms with Crippen molar-refractivity contribution in [2.45, 2.75) is 12.8 Å². The van der Waals surface area contributed by atoms with Crippen molar-refractivity contribution < 1.29 is 9.59 Å². The fraction of sp³-hybridized carbons (Fsp3) is 0.273. The molecule has 1 aromatic carbocycles. The van der Waals surface area contributed by atoms with Crippen molar-refractivity contribution in [1.82, 2.24) is 0 Å². The maximum Gasteiger partial charge on any atom is 0.221 e. The number of carbonyl (C=O) groups is 2. The number of carbonyl (C=O) groups excluding carboxylic acids is 2. The second kappa shape index (κ2) is 6.64. The molecule has 0 saturated heterocycles. The molecule has 0 aromatic heterocycles. The minimum absolute atomic E-state index is 0.0395. The molecule has 0 N–H and O–H groups in total. The minimum Gasteiger partial charge on any atom is -0.282 e. The molecule has 2 nitrogen and oxygen atoms in total. The predicted octanol–water partition coefficient (Wildman–Crippen LogP) is 3.11. The lowest BCUT2D eigenvalue weighted by Gasteiger charge is -1.99. The predicted molar refractivity (Wildman–Crippen MR) is 63.3 cm³/mol. The molecule has 0 saturated carbocycles. The van der Waals surface area contributed by atoms with E-state index in [-0.39, 0.29) is 10.4 Å². The van der Waals surface area contributed by atoms with E-state index in [4.69, 9.17) is 11.6 Å². The first-order valence-corrected chi connectivity index (χ1v) is 5.97. The third-order valence-corrected chi connectivity index (χ3v) is 2.94. The van der Waals surface area contributed by atoms with Crippen LogP contribution in [0.1, 0.15) is 23.2 Å². The second-order valence-corrected chi connectivity index (χ2v) is 4.45. The molecule has 0 fully saturated rings. The lowest BCUT2D eigenvalue weighted by molar-refractivity contribution is -0.111. The Labute approximate surface area is 98.0 Å². The molecular weight excluding hydrogens is 232 g/mol. The molecule has 0 unspecified atom stereocenters. The van der Waals surface area contributed by atoms with Crippen molar-refractivity contribution in [2.24, 2.45) is 0 Å². The molecule has 0 aliphatic heterocycles. The third-order valence-electron chi connectivity index (χ3n) is 1.76. The highest BCUT2D eigenvalue weighted by molar-refractivity contribution is 8.14. The number of benzene rings is 1. The van der Waals surface area contributed by atoms with Crippen LogP contribution in [-0.4, -0.2) is 16.1 Å². The van der Waals surface area contributed by atoms with Crippen LogP contribution in [-0.2, 0) is 4.79 Å². The maximum atomic E-state index is 11.5. The zero-order valence-corrected chi connectivity index (χ0v) is 9.68. The number of thioether (sulfide) groups is 1. The molecule has 15 heavy (non-hydrogen) atoms. The van der Waals surface area contributed by atoms with Gasteiger partial charge in [0.2, 0.25) is 10.4 Å². The van der Waals surface area contributed by atoms with Gasteiger partial charge in [0.15, 0.2) is 0 Å². The SMILES string of the molecule is O=C(Cl)CCCSC(=O)c1ccccc1. The summed E-state index contributed by atoms with van der Waals surface area (Å²) in [7, 11) is 0. The van der Waals surface area contributed by atoms with Gasteiger partial charge in [-0.2, -0.15) is 0 Å². The van der Waals surface area contributed by atoms with Crippen LogP contribution in [0.5, 0.6) is 0 Å². The van der Waals surface area contributed by atoms with Crippen LogP contribution in [0.2, 0.25) is 0 Å². The molecule has 0 amide bonds. The first-order valence-electron chi connectivity index (χ1n) is 4.60. The Hall–Kier alpha value is -0.800. The van der Waals surface area contributed by atoms with Crippen LogP contribution in [0.15, 0.2) is 30.3 Å². The van der Waals surface area contributed by atoms with E-state index < -0.39 is 0 Å². The van der Waals surface area contributed by atoms with E-state index in [1.165, 1.54) is 11.8 Å². The summed E-state index contributed by atoms with van der Waals surface area (Å²) in [5.74, 6) is 0.631. The van der Waals surface area contributed by atoms with Gasteiger partial charge in [0.05, 0.1) is 0 Å². The van der Waals surface area contributed by atoms with Gasteiger partial charge in [0.25, 0.3) is 0 Å². The Morgan fingerprint density at radius 3 is 2.47 bits per heavy atom. The summed E-state index contributed by atoms with van der Waals surface area (Å²) in [5, 5.41) is -0.305. The molecule has 0 aliphatic carbocycles. The number of rotatable bonds is 5. The highest BCUT2D eigenvalue weighted by Gasteiger charge is 2.05. The molecule has 0 heterocycles. The summed E-state index contributed by atoms with van der Waals surface area (Å²) in [6, 6.07) is 9.09. The average molecular weight is 243 g/mol. The maximum absolute atomic E-state index is 11.5. The summed E-state index contributed by atoms with van der Waals surface area (Å²) in [5.41, 5.74) is 0.694. The van der Waals surface area contributed by atoms with Crippen molar-refractivity contribution >= 4 is 33.7 Å². The largest absolute Gasteiger partial charge is 0.282 e. The van der Waals surface area contributed by atoms with Crippen LogP contribution >= 0.6 is 23.4 Å². The molecule has 0 radical (unpaired) electrons. The topological polar surface area (TPSA) is 34.1 Å². The Kier molecular flexibility index (Phi) is 5.43. The van der Waals surface area contributed by atoms with E-state index in [2.05, 4.69) is 0 Å². The molecule has 4 heteroatoms. The van der Waals surface area contributed by atoms with Crippen molar-refractivity contribution in [3.63, 3.8) is 0 Å². The molecule has 1 rings (SSSR count). The normalized spacial score (nSPS) is 9.93. The quantitative estimate of drug-likeness (QED) is 0.588. The highest BCUT2D eigenvalue weighted by Crippen LogP contribution is 2.14. The third kappa shape index (κ3) is 5.00. The van der Waals surface area contributed by atoms with Gasteiger partial charge in [-0.05, 0) is 18.0 Å². The average Bonchev–Trinajstić information content (AvgIpc) is 2.25. The zero-order chi connectivity index (χ0) is 11.1. The molecule has 0 spiro atoms. The lowest BCUT2D eigenvalue weighted by atomic mass is 10.2. The summed E-state index contributed by atoms with van der Waals surface area (Å²) in [6.45, 7) is 0. The fourth-order valence-corrected chi connectivity index (χ4v) is 1.94. The zero-order valence-electron chi connectivity index (χ0n) is 8.11. The molecule has 0 aliphatic rings. The van der Waals surface area contributed by atoms with E-state index in [1.54, 1.807) is 12.1 Å². The first kappa shape index (κ1) is 12.3. The Morgan fingerprint density at radius 1 is 1.20 bits per heavy atom. The summed E-state index contributed by atoms with van der Waals surface area (Å²) < 4.78 is 0. The standard InChI is InChI=1S/C11H11ClO2S/c12-10(13)7-4-8-15-11(14)9-5-2-1-3-6-9/h1-3,5-6H,4,7-8H2. The van der Waals surface area contributed by atoms with Crippen LogP contribution in [0.25, 0.3) is 0 Å². The monoisotopic (exact) mass is 242 g/mol. The molecule has 0 bridgehead atoms. The smallest absolute Gasteiger partial charge is 0.221 e. The lowest BCUT2D eigenvalue weighted by Crippen LogP contribution is -1.95. The van der Waals surface area contributed by atoms with Gasteiger partial charge >= 0.3 is 0 Å². The summed E-state index contributed by atoms with van der Waals surface area (Å²) >= 11 is 6.40. The number of hydrogen-bond donors (Lipinski definition) is 0. The van der Waals surface area contributed by atoms with Gasteiger partial charge in [-0.1, -0.05) is 42.1 Å². The van der Waals surface area contributed by atoms with Gasteiger partial charge < -0.3 is 0 Å². The minimum atomic E-state index is -0.345. The van der Waals surface area contributed by atoms with E-state index >= 15 is 0 Å². The van der Waals surface area contributed by atoms with Gasteiger partial charge in [0, 0.05) is 17.7 Å². The highest BCUT2D eigenvalue weighted by atomic mass is 35.5. The van der Waals surface area contributed by atoms with E-state index in [1.807, 2.05) is 18.2 Å². The first-order chi connectivity index (χ1) is 7.20. The number of halogens is 1. The summed E-state index contributed by atoms with van der Waals surface area (Å²) in [4.78, 5) is 22.0. The van der Waals surface area contributed by atoms with Crippen LogP contribution < -0.4 is 0 Å². The Balaban J connectivity index is 2.28. The van der Waals surface area contributed by atoms with Crippen LogP contribution in [0, 0.1) is 0 Å². The van der Waals surface area contributed by atoms with Crippen LogP contribution in [0.4, 0.5) is 0 Å². The van der Waals surface area contributed by atoms with Crippen molar-refractivity contribution in [3.8, 4) is 0 Å². The van der Waals surface area contributed by atoms with E-state index in [0.717, 1.165) is 0 Å². The number of hydrogen-bond acceptors (Lipinski definition) is 3. The van der Waals surface area contributed by atoms with Gasteiger partial charge in [0.1, 0.15) is 0 Å². The van der Waals surface area contributed by atoms with E-state index in [9.17, 15) is 9.59 Å². The van der Waals surface area contributed by atoms with E-state index in [0.29, 0.717) is 24.2 Å². The molecule has 0 atom stereocenters. The van der Waals surface area contributed by atoms with Crippen molar-refractivity contribution in [3.05, 3.63) is 35.9 Å². The van der Waals surface area contributed by atoms with Gasteiger partial charge in [-0.15, -0.1) is 0 Å². The molecular formula is C11H11ClO2S. The summed E-state index contributed by atoms with van der Waals surface area (Å²) in [6.07, 6.45) is 0.974. The second-order valence-electron chi connectivity index (χ2n) is 2.96. The Morgan fingerprint density at radius 2 is 1.87 bits per heavy atom. The molecule has 1 aromatic rings. The van der Waals surface area contributed by atoms with Crippen molar-refractivity contribution in [2.75, 3.05) is 5.75 Å². The Bertz CT molecular complexity index is 338. The fourth-order valence-electron chi connectivity index (χ4n) is 1.03. The van der Waals surface area contributed by atoms with Gasteiger partial charge in [-0.25, -0.2) is 0 Å². The molecule has 80 valence electrons. The van der Waals surface area contributed by atoms with Crippen LogP contribution in [0.3, 0.4) is 0 Å². The van der Waals surface area contributed by atoms with Crippen molar-refractivity contribution in [1.29, 1.82) is 0 Å². The van der Waals surface area contributed by atoms with Gasteiger partial charge in [-0.3, -0.25) is 9.59 Å².